The van der Waals surface area contributed by atoms with Gasteiger partial charge in [0, 0.05) is 5.39 Å². The van der Waals surface area contributed by atoms with Crippen LogP contribution in [0, 0.1) is 0 Å². The Balaban J connectivity index is 2.15. The quantitative estimate of drug-likeness (QED) is 0.714. The maximum absolute atomic E-state index is 12.3. The zero-order valence-electron chi connectivity index (χ0n) is 11.2. The lowest BCUT2D eigenvalue weighted by atomic mass is 10.1. The number of amides is 1. The van der Waals surface area contributed by atoms with Crippen molar-refractivity contribution in [3.05, 3.63) is 35.5 Å². The Bertz CT molecular complexity index is 895. The van der Waals surface area contributed by atoms with Crippen molar-refractivity contribution in [3.8, 4) is 0 Å². The molecule has 1 saturated carbocycles. The first-order valence-electron chi connectivity index (χ1n) is 6.45. The summed E-state index contributed by atoms with van der Waals surface area (Å²) < 4.78 is 26.0. The molecule has 8 nitrogen and oxygen atoms in total. The molecule has 1 aliphatic carbocycles. The Hall–Kier alpha value is -2.55. The van der Waals surface area contributed by atoms with E-state index in [1.807, 2.05) is 4.72 Å². The van der Waals surface area contributed by atoms with Crippen LogP contribution in [0.25, 0.3) is 10.9 Å². The van der Waals surface area contributed by atoms with Gasteiger partial charge in [-0.1, -0.05) is 18.2 Å². The Morgan fingerprint density at radius 1 is 1.23 bits per heavy atom. The summed E-state index contributed by atoms with van der Waals surface area (Å²) in [5.74, 6) is -2.60. The van der Waals surface area contributed by atoms with E-state index in [0.29, 0.717) is 17.6 Å². The van der Waals surface area contributed by atoms with Gasteiger partial charge in [0.25, 0.3) is 5.91 Å². The first-order chi connectivity index (χ1) is 10.3. The Labute approximate surface area is 125 Å². The molecule has 0 bridgehead atoms. The van der Waals surface area contributed by atoms with E-state index in [-0.39, 0.29) is 16.5 Å². The van der Waals surface area contributed by atoms with Crippen molar-refractivity contribution in [1.29, 1.82) is 0 Å². The van der Waals surface area contributed by atoms with E-state index in [9.17, 15) is 28.3 Å². The number of nitrogens with zero attached hydrogens (tertiary/aromatic N) is 1. The summed E-state index contributed by atoms with van der Waals surface area (Å²) in [6, 6.07) is 5.98. The molecule has 9 heteroatoms. The second-order valence-electron chi connectivity index (χ2n) is 5.03. The first kappa shape index (κ1) is 14.4. The summed E-state index contributed by atoms with van der Waals surface area (Å²) in [6.07, 6.45) is 0.937. The van der Waals surface area contributed by atoms with Crippen molar-refractivity contribution in [2.45, 2.75) is 18.1 Å². The number of aromatic nitrogens is 1. The first-order valence-corrected chi connectivity index (χ1v) is 7.99. The molecule has 0 saturated heterocycles. The average molecular weight is 324 g/mol. The number of rotatable bonds is 4. The SMILES string of the molecule is O=C(NS(=O)(=O)C1CC1)c1c(C(=O)O)n(O)c2ccccc12. The second kappa shape index (κ2) is 4.73. The van der Waals surface area contributed by atoms with E-state index in [1.54, 1.807) is 12.1 Å². The maximum atomic E-state index is 12.3. The van der Waals surface area contributed by atoms with Crippen LogP contribution in [-0.2, 0) is 10.0 Å². The summed E-state index contributed by atoms with van der Waals surface area (Å²) in [6.45, 7) is 0. The molecule has 1 aromatic carbocycles. The number of hydrogen-bond donors (Lipinski definition) is 3. The van der Waals surface area contributed by atoms with Gasteiger partial charge < -0.3 is 10.3 Å². The number of para-hydroxylation sites is 1. The van der Waals surface area contributed by atoms with Gasteiger partial charge in [-0.3, -0.25) is 4.79 Å². The Kier molecular flexibility index (Phi) is 3.10. The summed E-state index contributed by atoms with van der Waals surface area (Å²) >= 11 is 0. The highest BCUT2D eigenvalue weighted by Gasteiger charge is 2.38. The van der Waals surface area contributed by atoms with Gasteiger partial charge in [0.05, 0.1) is 16.3 Å². The molecule has 1 aliphatic rings. The number of aromatic carboxylic acids is 1. The highest BCUT2D eigenvalue weighted by molar-refractivity contribution is 7.91. The molecular weight excluding hydrogens is 312 g/mol. The van der Waals surface area contributed by atoms with Crippen LogP contribution >= 0.6 is 0 Å². The smallest absolute Gasteiger partial charge is 0.356 e. The minimum absolute atomic E-state index is 0.105. The average Bonchev–Trinajstić information content (AvgIpc) is 3.24. The molecule has 2 aromatic rings. The van der Waals surface area contributed by atoms with E-state index < -0.39 is 32.8 Å². The molecule has 0 radical (unpaired) electrons. The van der Waals surface area contributed by atoms with Crippen molar-refractivity contribution in [2.24, 2.45) is 0 Å². The van der Waals surface area contributed by atoms with Gasteiger partial charge in [-0.25, -0.2) is 17.9 Å². The Morgan fingerprint density at radius 3 is 2.45 bits per heavy atom. The molecule has 0 aliphatic heterocycles. The molecule has 1 aromatic heterocycles. The summed E-state index contributed by atoms with van der Waals surface area (Å²) in [5, 5.41) is 18.7. The third-order valence-electron chi connectivity index (χ3n) is 3.48. The van der Waals surface area contributed by atoms with Crippen molar-refractivity contribution in [3.63, 3.8) is 0 Å². The van der Waals surface area contributed by atoms with Crippen LogP contribution in [0.1, 0.15) is 33.7 Å². The molecule has 0 unspecified atom stereocenters. The van der Waals surface area contributed by atoms with E-state index in [2.05, 4.69) is 0 Å². The lowest BCUT2D eigenvalue weighted by molar-refractivity contribution is 0.0643. The third-order valence-corrected chi connectivity index (χ3v) is 5.30. The number of carboxylic acid groups (broad SMARTS) is 1. The number of benzene rings is 1. The van der Waals surface area contributed by atoms with Crippen LogP contribution < -0.4 is 4.72 Å². The van der Waals surface area contributed by atoms with Crippen molar-refractivity contribution >= 4 is 32.8 Å². The maximum Gasteiger partial charge on any atom is 0.356 e. The predicted molar refractivity (Wildman–Crippen MR) is 75.5 cm³/mol. The van der Waals surface area contributed by atoms with Crippen molar-refractivity contribution in [1.82, 2.24) is 9.45 Å². The molecular formula is C13H12N2O6S. The van der Waals surface area contributed by atoms with E-state index >= 15 is 0 Å². The number of carbonyl (C=O) groups excluding carboxylic acids is 1. The molecule has 3 rings (SSSR count). The topological polar surface area (TPSA) is 126 Å². The van der Waals surface area contributed by atoms with Crippen LogP contribution in [0.2, 0.25) is 0 Å². The highest BCUT2D eigenvalue weighted by atomic mass is 32.2. The Morgan fingerprint density at radius 2 is 1.86 bits per heavy atom. The molecule has 1 heterocycles. The van der Waals surface area contributed by atoms with Gasteiger partial charge in [0.15, 0.2) is 5.69 Å². The van der Waals surface area contributed by atoms with Gasteiger partial charge in [-0.05, 0) is 18.9 Å². The van der Waals surface area contributed by atoms with E-state index in [0.717, 1.165) is 0 Å². The zero-order valence-corrected chi connectivity index (χ0v) is 12.0. The van der Waals surface area contributed by atoms with Crippen LogP contribution in [0.4, 0.5) is 0 Å². The fraction of sp³-hybridized carbons (Fsp3) is 0.231. The molecule has 1 fully saturated rings. The number of nitrogens with one attached hydrogen (secondary N) is 1. The monoisotopic (exact) mass is 324 g/mol. The number of carbonyl (C=O) groups is 2. The third kappa shape index (κ3) is 2.19. The van der Waals surface area contributed by atoms with Gasteiger partial charge in [0.2, 0.25) is 10.0 Å². The molecule has 0 spiro atoms. The van der Waals surface area contributed by atoms with Crippen LogP contribution in [0.5, 0.6) is 0 Å². The predicted octanol–water partition coefficient (Wildman–Crippen LogP) is 0.799. The number of sulfonamides is 1. The van der Waals surface area contributed by atoms with Crippen LogP contribution in [-0.4, -0.2) is 40.6 Å². The largest absolute Gasteiger partial charge is 0.476 e. The minimum Gasteiger partial charge on any atom is -0.476 e. The number of hydrogen-bond acceptors (Lipinski definition) is 5. The fourth-order valence-electron chi connectivity index (χ4n) is 2.29. The molecule has 3 N–H and O–H groups in total. The lowest BCUT2D eigenvalue weighted by Gasteiger charge is -2.06. The number of fused-ring (bicyclic) bond motifs is 1. The summed E-state index contributed by atoms with van der Waals surface area (Å²) in [4.78, 5) is 23.6. The lowest BCUT2D eigenvalue weighted by Crippen LogP contribution is -2.34. The molecule has 0 atom stereocenters. The van der Waals surface area contributed by atoms with Gasteiger partial charge in [-0.2, -0.15) is 4.73 Å². The standard InChI is InChI=1S/C13H12N2O6S/c16-12(14-22(20,21)7-5-6-7)10-8-3-1-2-4-9(8)15(19)11(10)13(17)18/h1-4,7,19H,5-6H2,(H,14,16)(H,17,18). The molecule has 116 valence electrons. The van der Waals surface area contributed by atoms with Gasteiger partial charge in [0.1, 0.15) is 0 Å². The molecule has 1 amide bonds. The van der Waals surface area contributed by atoms with Gasteiger partial charge >= 0.3 is 5.97 Å². The van der Waals surface area contributed by atoms with E-state index in [1.165, 1.54) is 12.1 Å². The van der Waals surface area contributed by atoms with Crippen LogP contribution in [0.3, 0.4) is 0 Å². The van der Waals surface area contributed by atoms with Crippen molar-refractivity contribution in [2.75, 3.05) is 0 Å². The highest BCUT2D eigenvalue weighted by Crippen LogP contribution is 2.29. The van der Waals surface area contributed by atoms with Crippen LogP contribution in [0.15, 0.2) is 24.3 Å². The van der Waals surface area contributed by atoms with Gasteiger partial charge in [-0.15, -0.1) is 0 Å². The summed E-state index contributed by atoms with van der Waals surface area (Å²) in [5.41, 5.74) is -0.951. The van der Waals surface area contributed by atoms with Crippen molar-refractivity contribution < 1.29 is 28.3 Å². The number of carboxylic acids is 1. The summed E-state index contributed by atoms with van der Waals surface area (Å²) in [7, 11) is -3.82. The normalized spacial score (nSPS) is 14.9. The minimum atomic E-state index is -3.82. The fourth-order valence-corrected chi connectivity index (χ4v) is 3.58. The van der Waals surface area contributed by atoms with E-state index in [4.69, 9.17) is 0 Å². The second-order valence-corrected chi connectivity index (χ2v) is 6.99. The zero-order chi connectivity index (χ0) is 16.1. The molecule has 22 heavy (non-hydrogen) atoms.